The number of rotatable bonds is 3. The number of hydrogen-bond acceptors (Lipinski definition) is 4. The number of ketones is 1. The zero-order chi connectivity index (χ0) is 12.3. The van der Waals surface area contributed by atoms with Gasteiger partial charge in [0, 0.05) is 5.56 Å². The largest absolute Gasteiger partial charge is 0.465 e. The molecule has 0 aliphatic heterocycles. The molecule has 0 unspecified atom stereocenters. The number of carbonyl (C=O) groups excluding carboxylic acids is 2. The molecule has 0 saturated heterocycles. The number of aryl methyl sites for hydroxylation is 1. The lowest BCUT2D eigenvalue weighted by molar-refractivity contribution is 0.0596. The van der Waals surface area contributed by atoms with E-state index in [1.165, 1.54) is 20.1 Å². The number of Topliss-reactive ketones (excluding diaryl/α,β-unsaturated/α-hetero) is 1. The van der Waals surface area contributed by atoms with E-state index >= 15 is 0 Å². The molecular formula is C12H14O4. The molecule has 86 valence electrons. The molecule has 0 aliphatic carbocycles. The van der Waals surface area contributed by atoms with Crippen LogP contribution < -0.4 is 0 Å². The van der Waals surface area contributed by atoms with Crippen molar-refractivity contribution < 1.29 is 19.4 Å². The minimum absolute atomic E-state index is 0.0939. The fraction of sp³-hybridized carbons (Fsp3) is 0.333. The van der Waals surface area contributed by atoms with Gasteiger partial charge >= 0.3 is 5.97 Å². The molecule has 0 spiro atoms. The number of carbonyl (C=O) groups is 2. The van der Waals surface area contributed by atoms with Gasteiger partial charge in [0.2, 0.25) is 0 Å². The van der Waals surface area contributed by atoms with Gasteiger partial charge in [0.05, 0.1) is 19.3 Å². The highest BCUT2D eigenvalue weighted by Crippen LogP contribution is 2.18. The first kappa shape index (κ1) is 12.4. The Morgan fingerprint density at radius 2 is 1.94 bits per heavy atom. The molecule has 4 heteroatoms. The van der Waals surface area contributed by atoms with E-state index in [0.717, 1.165) is 0 Å². The molecule has 0 aromatic heterocycles. The molecule has 16 heavy (non-hydrogen) atoms. The number of aliphatic hydroxyl groups is 1. The Balaban J connectivity index is 3.37. The second-order valence-electron chi connectivity index (χ2n) is 3.53. The SMILES string of the molecule is COC(=O)c1cc(C)c(C(C)=O)cc1CO. The first-order valence-corrected chi connectivity index (χ1v) is 4.85. The standard InChI is InChI=1S/C12H14O4/c1-7-4-11(12(15)16-3)9(6-13)5-10(7)8(2)14/h4-5,13H,6H2,1-3H3. The molecule has 0 bridgehead atoms. The average molecular weight is 222 g/mol. The van der Waals surface area contributed by atoms with E-state index in [1.54, 1.807) is 13.0 Å². The highest BCUT2D eigenvalue weighted by molar-refractivity contribution is 5.98. The zero-order valence-electron chi connectivity index (χ0n) is 9.53. The molecule has 0 fully saturated rings. The van der Waals surface area contributed by atoms with Gasteiger partial charge in [0.25, 0.3) is 0 Å². The topological polar surface area (TPSA) is 63.6 Å². The number of esters is 1. The van der Waals surface area contributed by atoms with Crippen LogP contribution in [0.5, 0.6) is 0 Å². The average Bonchev–Trinajstić information content (AvgIpc) is 2.27. The van der Waals surface area contributed by atoms with E-state index in [-0.39, 0.29) is 12.4 Å². The molecule has 0 atom stereocenters. The highest BCUT2D eigenvalue weighted by atomic mass is 16.5. The molecule has 1 rings (SSSR count). The maximum Gasteiger partial charge on any atom is 0.338 e. The van der Waals surface area contributed by atoms with Crippen molar-refractivity contribution in [2.75, 3.05) is 7.11 Å². The third-order valence-corrected chi connectivity index (χ3v) is 2.41. The second-order valence-corrected chi connectivity index (χ2v) is 3.53. The van der Waals surface area contributed by atoms with Gasteiger partial charge in [-0.1, -0.05) is 0 Å². The van der Waals surface area contributed by atoms with Crippen LogP contribution in [0.2, 0.25) is 0 Å². The number of aliphatic hydroxyl groups excluding tert-OH is 1. The van der Waals surface area contributed by atoms with Crippen LogP contribution in [0.15, 0.2) is 12.1 Å². The van der Waals surface area contributed by atoms with Crippen LogP contribution >= 0.6 is 0 Å². The molecule has 0 aliphatic rings. The van der Waals surface area contributed by atoms with Crippen molar-refractivity contribution in [3.05, 3.63) is 34.4 Å². The Morgan fingerprint density at radius 3 is 2.38 bits per heavy atom. The van der Waals surface area contributed by atoms with Crippen LogP contribution in [0, 0.1) is 6.92 Å². The van der Waals surface area contributed by atoms with E-state index in [4.69, 9.17) is 5.11 Å². The second kappa shape index (κ2) is 4.90. The van der Waals surface area contributed by atoms with E-state index in [1.807, 2.05) is 0 Å². The van der Waals surface area contributed by atoms with Gasteiger partial charge in [-0.25, -0.2) is 4.79 Å². The van der Waals surface area contributed by atoms with Crippen molar-refractivity contribution >= 4 is 11.8 Å². The summed E-state index contributed by atoms with van der Waals surface area (Å²) in [6.45, 7) is 2.89. The summed E-state index contributed by atoms with van der Waals surface area (Å²) in [4.78, 5) is 22.7. The van der Waals surface area contributed by atoms with Crippen molar-refractivity contribution in [2.24, 2.45) is 0 Å². The highest BCUT2D eigenvalue weighted by Gasteiger charge is 2.15. The fourth-order valence-electron chi connectivity index (χ4n) is 1.56. The van der Waals surface area contributed by atoms with Crippen LogP contribution in [0.1, 0.15) is 38.8 Å². The van der Waals surface area contributed by atoms with E-state index in [2.05, 4.69) is 4.74 Å². The van der Waals surface area contributed by atoms with E-state index in [0.29, 0.717) is 22.3 Å². The smallest absolute Gasteiger partial charge is 0.338 e. The van der Waals surface area contributed by atoms with Crippen LogP contribution in [-0.2, 0) is 11.3 Å². The molecule has 1 N–H and O–H groups in total. The lowest BCUT2D eigenvalue weighted by Gasteiger charge is -2.10. The molecule has 0 heterocycles. The third kappa shape index (κ3) is 2.28. The van der Waals surface area contributed by atoms with Crippen LogP contribution in [0.4, 0.5) is 0 Å². The van der Waals surface area contributed by atoms with Gasteiger partial charge in [-0.3, -0.25) is 4.79 Å². The number of methoxy groups -OCH3 is 1. The summed E-state index contributed by atoms with van der Waals surface area (Å²) in [6.07, 6.45) is 0. The van der Waals surface area contributed by atoms with Crippen LogP contribution in [0.3, 0.4) is 0 Å². The zero-order valence-corrected chi connectivity index (χ0v) is 9.53. The van der Waals surface area contributed by atoms with Gasteiger partial charge < -0.3 is 9.84 Å². The van der Waals surface area contributed by atoms with Gasteiger partial charge in [0.15, 0.2) is 5.78 Å². The molecular weight excluding hydrogens is 208 g/mol. The summed E-state index contributed by atoms with van der Waals surface area (Å²) in [6, 6.07) is 3.10. The summed E-state index contributed by atoms with van der Waals surface area (Å²) in [5.74, 6) is -0.606. The number of hydrogen-bond donors (Lipinski definition) is 1. The number of ether oxygens (including phenoxy) is 1. The van der Waals surface area contributed by atoms with Crippen molar-refractivity contribution in [3.8, 4) is 0 Å². The minimum Gasteiger partial charge on any atom is -0.465 e. The summed E-state index contributed by atoms with van der Waals surface area (Å²) in [5.41, 5.74) is 1.91. The molecule has 1 aromatic rings. The maximum absolute atomic E-state index is 11.4. The Kier molecular flexibility index (Phi) is 3.79. The Bertz CT molecular complexity index is 435. The Hall–Kier alpha value is -1.68. The molecule has 0 saturated carbocycles. The lowest BCUT2D eigenvalue weighted by atomic mass is 9.97. The number of benzene rings is 1. The molecule has 0 amide bonds. The normalized spacial score (nSPS) is 10.0. The maximum atomic E-state index is 11.4. The van der Waals surface area contributed by atoms with Crippen molar-refractivity contribution in [2.45, 2.75) is 20.5 Å². The van der Waals surface area contributed by atoms with Gasteiger partial charge in [-0.15, -0.1) is 0 Å². The minimum atomic E-state index is -0.512. The predicted octanol–water partition coefficient (Wildman–Crippen LogP) is 1.48. The first-order chi connectivity index (χ1) is 7.51. The third-order valence-electron chi connectivity index (χ3n) is 2.41. The quantitative estimate of drug-likeness (QED) is 0.621. The molecule has 4 nitrogen and oxygen atoms in total. The van der Waals surface area contributed by atoms with E-state index in [9.17, 15) is 9.59 Å². The first-order valence-electron chi connectivity index (χ1n) is 4.85. The van der Waals surface area contributed by atoms with Crippen molar-refractivity contribution in [1.82, 2.24) is 0 Å². The Labute approximate surface area is 93.9 Å². The summed E-state index contributed by atoms with van der Waals surface area (Å²) >= 11 is 0. The Morgan fingerprint density at radius 1 is 1.31 bits per heavy atom. The summed E-state index contributed by atoms with van der Waals surface area (Å²) in [5, 5.41) is 9.14. The van der Waals surface area contributed by atoms with Crippen LogP contribution in [0.25, 0.3) is 0 Å². The van der Waals surface area contributed by atoms with Gasteiger partial charge in [0.1, 0.15) is 0 Å². The van der Waals surface area contributed by atoms with Gasteiger partial charge in [-0.2, -0.15) is 0 Å². The lowest BCUT2D eigenvalue weighted by Crippen LogP contribution is -2.09. The molecule has 0 radical (unpaired) electrons. The fourth-order valence-corrected chi connectivity index (χ4v) is 1.56. The van der Waals surface area contributed by atoms with Gasteiger partial charge in [-0.05, 0) is 37.1 Å². The molecule has 1 aromatic carbocycles. The summed E-state index contributed by atoms with van der Waals surface area (Å²) < 4.78 is 4.60. The summed E-state index contributed by atoms with van der Waals surface area (Å²) in [7, 11) is 1.28. The monoisotopic (exact) mass is 222 g/mol. The van der Waals surface area contributed by atoms with E-state index < -0.39 is 5.97 Å². The predicted molar refractivity (Wildman–Crippen MR) is 58.4 cm³/mol. The van der Waals surface area contributed by atoms with Crippen molar-refractivity contribution in [3.63, 3.8) is 0 Å². The van der Waals surface area contributed by atoms with Crippen LogP contribution in [-0.4, -0.2) is 24.0 Å². The van der Waals surface area contributed by atoms with Crippen molar-refractivity contribution in [1.29, 1.82) is 0 Å².